The second kappa shape index (κ2) is 8.75. The van der Waals surface area contributed by atoms with Gasteiger partial charge in [0.1, 0.15) is 0 Å². The molecule has 0 aliphatic carbocycles. The Labute approximate surface area is 156 Å². The van der Waals surface area contributed by atoms with Gasteiger partial charge in [0.15, 0.2) is 5.11 Å². The lowest BCUT2D eigenvalue weighted by Crippen LogP contribution is -2.48. The highest BCUT2D eigenvalue weighted by molar-refractivity contribution is 14.1. The standard InChI is InChI=1S/C15H12IN3O2S2/c16-12-6-2-1-5-11(12)14(21)18-19-15(22)17-13(20)8-7-10-4-3-9-23-10/h1-9H,(H,18,21)(H2,17,19,20,22)/b8-7+. The van der Waals surface area contributed by atoms with E-state index in [1.54, 1.807) is 18.2 Å². The molecule has 0 aliphatic rings. The van der Waals surface area contributed by atoms with E-state index in [1.807, 2.05) is 29.6 Å². The molecule has 23 heavy (non-hydrogen) atoms. The fourth-order valence-corrected chi connectivity index (χ4v) is 2.96. The van der Waals surface area contributed by atoms with Gasteiger partial charge in [-0.05, 0) is 64.5 Å². The summed E-state index contributed by atoms with van der Waals surface area (Å²) in [5.41, 5.74) is 5.46. The van der Waals surface area contributed by atoms with Gasteiger partial charge in [0.05, 0.1) is 5.56 Å². The lowest BCUT2D eigenvalue weighted by Gasteiger charge is -2.10. The summed E-state index contributed by atoms with van der Waals surface area (Å²) >= 11 is 8.55. The Bertz CT molecular complexity index is 745. The zero-order chi connectivity index (χ0) is 16.7. The molecule has 1 aromatic carbocycles. The maximum absolute atomic E-state index is 12.0. The summed E-state index contributed by atoms with van der Waals surface area (Å²) in [6, 6.07) is 10.9. The second-order valence-electron chi connectivity index (χ2n) is 4.23. The topological polar surface area (TPSA) is 70.2 Å². The van der Waals surface area contributed by atoms with Gasteiger partial charge >= 0.3 is 0 Å². The SMILES string of the molecule is O=C(/C=C/c1cccs1)NC(=S)NNC(=O)c1ccccc1I. The van der Waals surface area contributed by atoms with Gasteiger partial charge < -0.3 is 0 Å². The molecule has 0 fully saturated rings. The summed E-state index contributed by atoms with van der Waals surface area (Å²) in [4.78, 5) is 24.6. The third-order valence-corrected chi connectivity index (χ3v) is 4.57. The molecule has 0 saturated carbocycles. The number of benzene rings is 1. The van der Waals surface area contributed by atoms with E-state index in [4.69, 9.17) is 12.2 Å². The van der Waals surface area contributed by atoms with Gasteiger partial charge in [-0.2, -0.15) is 0 Å². The normalized spacial score (nSPS) is 10.3. The van der Waals surface area contributed by atoms with Gasteiger partial charge in [-0.25, -0.2) is 0 Å². The van der Waals surface area contributed by atoms with Gasteiger partial charge in [-0.15, -0.1) is 11.3 Å². The Morgan fingerprint density at radius 2 is 1.91 bits per heavy atom. The molecule has 2 amide bonds. The smallest absolute Gasteiger partial charge is 0.270 e. The van der Waals surface area contributed by atoms with Crippen LogP contribution in [-0.2, 0) is 4.79 Å². The van der Waals surface area contributed by atoms with E-state index in [2.05, 4.69) is 38.8 Å². The van der Waals surface area contributed by atoms with Crippen LogP contribution in [0.1, 0.15) is 15.2 Å². The number of thiophene rings is 1. The van der Waals surface area contributed by atoms with Crippen molar-refractivity contribution in [1.29, 1.82) is 0 Å². The van der Waals surface area contributed by atoms with Gasteiger partial charge in [0.2, 0.25) is 5.91 Å². The Morgan fingerprint density at radius 3 is 2.61 bits per heavy atom. The molecule has 3 N–H and O–H groups in total. The molecule has 0 saturated heterocycles. The molecule has 8 heteroatoms. The number of hydrogen-bond acceptors (Lipinski definition) is 4. The monoisotopic (exact) mass is 457 g/mol. The van der Waals surface area contributed by atoms with E-state index >= 15 is 0 Å². The molecule has 5 nitrogen and oxygen atoms in total. The van der Waals surface area contributed by atoms with Crippen molar-refractivity contribution in [1.82, 2.24) is 16.2 Å². The van der Waals surface area contributed by atoms with Crippen LogP contribution in [0.2, 0.25) is 0 Å². The average Bonchev–Trinajstić information content (AvgIpc) is 3.04. The highest BCUT2D eigenvalue weighted by Crippen LogP contribution is 2.11. The Hall–Kier alpha value is -1.78. The van der Waals surface area contributed by atoms with Crippen LogP contribution < -0.4 is 16.2 Å². The minimum absolute atomic E-state index is 0.0186. The van der Waals surface area contributed by atoms with Gasteiger partial charge in [-0.3, -0.25) is 25.8 Å². The van der Waals surface area contributed by atoms with Crippen LogP contribution in [0.4, 0.5) is 0 Å². The summed E-state index contributed by atoms with van der Waals surface area (Å²) in [7, 11) is 0. The van der Waals surface area contributed by atoms with Crippen molar-refractivity contribution in [2.75, 3.05) is 0 Å². The number of amides is 2. The lowest BCUT2D eigenvalue weighted by atomic mass is 10.2. The summed E-state index contributed by atoms with van der Waals surface area (Å²) in [6.07, 6.45) is 3.06. The first-order chi connectivity index (χ1) is 11.1. The highest BCUT2D eigenvalue weighted by atomic mass is 127. The number of halogens is 1. The van der Waals surface area contributed by atoms with Crippen LogP contribution in [-0.4, -0.2) is 16.9 Å². The van der Waals surface area contributed by atoms with E-state index in [1.165, 1.54) is 17.4 Å². The molecule has 2 rings (SSSR count). The van der Waals surface area contributed by atoms with Gasteiger partial charge in [0, 0.05) is 14.5 Å². The van der Waals surface area contributed by atoms with E-state index in [0.29, 0.717) is 5.56 Å². The van der Waals surface area contributed by atoms with E-state index in [-0.39, 0.29) is 16.9 Å². The fraction of sp³-hybridized carbons (Fsp3) is 0. The van der Waals surface area contributed by atoms with Crippen LogP contribution in [0, 0.1) is 3.57 Å². The minimum Gasteiger partial charge on any atom is -0.298 e. The number of carbonyl (C=O) groups excluding carboxylic acids is 2. The summed E-state index contributed by atoms with van der Waals surface area (Å²) in [5, 5.41) is 4.39. The molecule has 0 atom stereocenters. The third kappa shape index (κ3) is 5.73. The predicted octanol–water partition coefficient (Wildman–Crippen LogP) is 2.70. The molecule has 118 valence electrons. The zero-order valence-electron chi connectivity index (χ0n) is 11.7. The molecular weight excluding hydrogens is 445 g/mol. The quantitative estimate of drug-likeness (QED) is 0.287. The predicted molar refractivity (Wildman–Crippen MR) is 104 cm³/mol. The molecule has 1 heterocycles. The first kappa shape index (κ1) is 17.6. The molecule has 0 aliphatic heterocycles. The summed E-state index contributed by atoms with van der Waals surface area (Å²) < 4.78 is 0.818. The Balaban J connectivity index is 1.80. The van der Waals surface area contributed by atoms with Crippen LogP contribution in [0.25, 0.3) is 6.08 Å². The van der Waals surface area contributed by atoms with Crippen molar-refractivity contribution in [3.63, 3.8) is 0 Å². The molecular formula is C15H12IN3O2S2. The van der Waals surface area contributed by atoms with Crippen molar-refractivity contribution >= 4 is 69.1 Å². The highest BCUT2D eigenvalue weighted by Gasteiger charge is 2.09. The first-order valence-corrected chi connectivity index (χ1v) is 8.80. The largest absolute Gasteiger partial charge is 0.298 e. The van der Waals surface area contributed by atoms with Crippen LogP contribution in [0.5, 0.6) is 0 Å². The molecule has 0 spiro atoms. The van der Waals surface area contributed by atoms with Crippen LogP contribution in [0.3, 0.4) is 0 Å². The number of nitrogens with one attached hydrogen (secondary N) is 3. The maximum Gasteiger partial charge on any atom is 0.270 e. The van der Waals surface area contributed by atoms with Crippen molar-refractivity contribution in [3.05, 3.63) is 61.9 Å². The van der Waals surface area contributed by atoms with Crippen molar-refractivity contribution in [2.45, 2.75) is 0 Å². The van der Waals surface area contributed by atoms with Gasteiger partial charge in [0.25, 0.3) is 5.91 Å². The first-order valence-electron chi connectivity index (χ1n) is 6.43. The maximum atomic E-state index is 12.0. The van der Waals surface area contributed by atoms with Crippen molar-refractivity contribution in [3.8, 4) is 0 Å². The van der Waals surface area contributed by atoms with Gasteiger partial charge in [-0.1, -0.05) is 18.2 Å². The zero-order valence-corrected chi connectivity index (χ0v) is 15.5. The fourth-order valence-electron chi connectivity index (χ4n) is 1.55. The van der Waals surface area contributed by atoms with Crippen molar-refractivity contribution in [2.24, 2.45) is 0 Å². The minimum atomic E-state index is -0.376. The number of rotatable bonds is 3. The molecule has 0 bridgehead atoms. The average molecular weight is 457 g/mol. The third-order valence-electron chi connectivity index (χ3n) is 2.59. The van der Waals surface area contributed by atoms with Crippen LogP contribution in [0.15, 0.2) is 47.9 Å². The molecule has 2 aromatic rings. The molecule has 0 radical (unpaired) electrons. The summed E-state index contributed by atoms with van der Waals surface area (Å²) in [5.74, 6) is -0.708. The Kier molecular flexibility index (Phi) is 6.68. The Morgan fingerprint density at radius 1 is 1.13 bits per heavy atom. The van der Waals surface area contributed by atoms with Crippen LogP contribution >= 0.6 is 46.1 Å². The number of hydrogen-bond donors (Lipinski definition) is 3. The number of thiocarbonyl (C=S) groups is 1. The molecule has 1 aromatic heterocycles. The number of hydrazine groups is 1. The molecule has 0 unspecified atom stereocenters. The van der Waals surface area contributed by atoms with E-state index in [9.17, 15) is 9.59 Å². The summed E-state index contributed by atoms with van der Waals surface area (Å²) in [6.45, 7) is 0. The lowest BCUT2D eigenvalue weighted by molar-refractivity contribution is -0.115. The van der Waals surface area contributed by atoms with Crippen molar-refractivity contribution < 1.29 is 9.59 Å². The second-order valence-corrected chi connectivity index (χ2v) is 6.78. The van der Waals surface area contributed by atoms with E-state index < -0.39 is 0 Å². The van der Waals surface area contributed by atoms with E-state index in [0.717, 1.165) is 8.45 Å². The number of carbonyl (C=O) groups is 2.